The van der Waals surface area contributed by atoms with Crippen molar-refractivity contribution in [3.05, 3.63) is 68.7 Å². The molecule has 0 aromatic heterocycles. The van der Waals surface area contributed by atoms with Crippen LogP contribution in [0.15, 0.2) is 42.5 Å². The van der Waals surface area contributed by atoms with E-state index in [2.05, 4.69) is 6.07 Å². The van der Waals surface area contributed by atoms with E-state index in [-0.39, 0.29) is 17.3 Å². The number of rotatable bonds is 4. The van der Waals surface area contributed by atoms with Crippen LogP contribution in [0.4, 0.5) is 5.69 Å². The molecule has 0 heterocycles. The molecule has 0 aliphatic rings. The Morgan fingerprint density at radius 3 is 2.75 bits per heavy atom. The van der Waals surface area contributed by atoms with Crippen molar-refractivity contribution in [2.75, 3.05) is 0 Å². The average molecular weight is 289 g/mol. The highest BCUT2D eigenvalue weighted by Crippen LogP contribution is 2.29. The minimum absolute atomic E-state index is 0.0553. The standard InChI is InChI=1S/C14H9ClN2O3/c15-13-6-5-12(7-14(13)17(18)19)20-9-11-4-2-1-3-10(11)8-16/h1-7H,9H2. The molecule has 0 saturated heterocycles. The molecule has 100 valence electrons. The van der Waals surface area contributed by atoms with Gasteiger partial charge in [0.25, 0.3) is 5.69 Å². The van der Waals surface area contributed by atoms with Gasteiger partial charge in [0, 0.05) is 5.56 Å². The predicted molar refractivity (Wildman–Crippen MR) is 73.6 cm³/mol. The van der Waals surface area contributed by atoms with Crippen LogP contribution in [0.25, 0.3) is 0 Å². The number of nitro groups is 1. The Bertz CT molecular complexity index is 695. The highest BCUT2D eigenvalue weighted by molar-refractivity contribution is 6.32. The maximum Gasteiger partial charge on any atom is 0.291 e. The summed E-state index contributed by atoms with van der Waals surface area (Å²) in [6.07, 6.45) is 0. The third kappa shape index (κ3) is 3.05. The van der Waals surface area contributed by atoms with Gasteiger partial charge in [-0.3, -0.25) is 10.1 Å². The Kier molecular flexibility index (Phi) is 4.18. The fourth-order valence-electron chi connectivity index (χ4n) is 1.64. The maximum absolute atomic E-state index is 10.8. The summed E-state index contributed by atoms with van der Waals surface area (Å²) in [5.41, 5.74) is 1.02. The second kappa shape index (κ2) is 6.04. The lowest BCUT2D eigenvalue weighted by Gasteiger charge is -2.07. The van der Waals surface area contributed by atoms with Crippen molar-refractivity contribution in [1.82, 2.24) is 0 Å². The SMILES string of the molecule is N#Cc1ccccc1COc1ccc(Cl)c([N+](=O)[O-])c1. The van der Waals surface area contributed by atoms with Crippen molar-refractivity contribution in [2.24, 2.45) is 0 Å². The van der Waals surface area contributed by atoms with Crippen LogP contribution in [-0.4, -0.2) is 4.92 Å². The topological polar surface area (TPSA) is 76.2 Å². The lowest BCUT2D eigenvalue weighted by atomic mass is 10.1. The van der Waals surface area contributed by atoms with Gasteiger partial charge in [-0.15, -0.1) is 0 Å². The maximum atomic E-state index is 10.8. The van der Waals surface area contributed by atoms with Crippen molar-refractivity contribution in [1.29, 1.82) is 5.26 Å². The number of ether oxygens (including phenoxy) is 1. The first-order valence-electron chi connectivity index (χ1n) is 5.66. The van der Waals surface area contributed by atoms with Crippen molar-refractivity contribution in [3.8, 4) is 11.8 Å². The molecule has 0 aliphatic carbocycles. The Labute approximate surface area is 120 Å². The summed E-state index contributed by atoms with van der Waals surface area (Å²) in [6, 6.07) is 13.3. The summed E-state index contributed by atoms with van der Waals surface area (Å²) in [5, 5.41) is 19.8. The molecule has 0 spiro atoms. The zero-order valence-corrected chi connectivity index (χ0v) is 11.0. The lowest BCUT2D eigenvalue weighted by molar-refractivity contribution is -0.384. The molecular formula is C14H9ClN2O3. The van der Waals surface area contributed by atoms with Gasteiger partial charge in [0.05, 0.1) is 22.6 Å². The minimum Gasteiger partial charge on any atom is -0.489 e. The van der Waals surface area contributed by atoms with Gasteiger partial charge < -0.3 is 4.74 Å². The monoisotopic (exact) mass is 288 g/mol. The van der Waals surface area contributed by atoms with Crippen LogP contribution in [-0.2, 0) is 6.61 Å². The third-order valence-corrected chi connectivity index (χ3v) is 2.97. The molecule has 2 aromatic carbocycles. The molecular weight excluding hydrogens is 280 g/mol. The van der Waals surface area contributed by atoms with E-state index in [1.165, 1.54) is 12.1 Å². The van der Waals surface area contributed by atoms with Crippen LogP contribution < -0.4 is 4.74 Å². The molecule has 5 nitrogen and oxygen atoms in total. The first-order chi connectivity index (χ1) is 9.61. The van der Waals surface area contributed by atoms with Crippen LogP contribution in [0.5, 0.6) is 5.75 Å². The lowest BCUT2D eigenvalue weighted by Crippen LogP contribution is -1.99. The van der Waals surface area contributed by atoms with Crippen LogP contribution in [0, 0.1) is 21.4 Å². The van der Waals surface area contributed by atoms with Gasteiger partial charge in [0.1, 0.15) is 17.4 Å². The van der Waals surface area contributed by atoms with Crippen molar-refractivity contribution >= 4 is 17.3 Å². The van der Waals surface area contributed by atoms with Gasteiger partial charge in [-0.1, -0.05) is 29.8 Å². The highest BCUT2D eigenvalue weighted by Gasteiger charge is 2.13. The molecule has 0 amide bonds. The Morgan fingerprint density at radius 1 is 1.30 bits per heavy atom. The van der Waals surface area contributed by atoms with Gasteiger partial charge in [0.2, 0.25) is 0 Å². The first-order valence-corrected chi connectivity index (χ1v) is 6.04. The number of halogens is 1. The van der Waals surface area contributed by atoms with E-state index >= 15 is 0 Å². The number of nitriles is 1. The summed E-state index contributed by atoms with van der Waals surface area (Å²) in [4.78, 5) is 10.2. The molecule has 2 aromatic rings. The minimum atomic E-state index is -0.571. The number of hydrogen-bond donors (Lipinski definition) is 0. The predicted octanol–water partition coefficient (Wildman–Crippen LogP) is 3.70. The summed E-state index contributed by atoms with van der Waals surface area (Å²) >= 11 is 5.72. The van der Waals surface area contributed by atoms with Crippen LogP contribution in [0.2, 0.25) is 5.02 Å². The Morgan fingerprint density at radius 2 is 2.05 bits per heavy atom. The average Bonchev–Trinajstić information content (AvgIpc) is 2.46. The second-order valence-corrected chi connectivity index (χ2v) is 4.34. The smallest absolute Gasteiger partial charge is 0.291 e. The number of benzene rings is 2. The Hall–Kier alpha value is -2.58. The van der Waals surface area contributed by atoms with Crippen molar-refractivity contribution < 1.29 is 9.66 Å². The molecule has 0 fully saturated rings. The molecule has 0 N–H and O–H groups in total. The van der Waals surface area contributed by atoms with Crippen LogP contribution in [0.3, 0.4) is 0 Å². The fraction of sp³-hybridized carbons (Fsp3) is 0.0714. The number of nitrogens with zero attached hydrogens (tertiary/aromatic N) is 2. The molecule has 0 radical (unpaired) electrons. The van der Waals surface area contributed by atoms with Gasteiger partial charge in [-0.25, -0.2) is 0 Å². The zero-order chi connectivity index (χ0) is 14.5. The normalized spacial score (nSPS) is 9.80. The first kappa shape index (κ1) is 13.8. The van der Waals surface area contributed by atoms with E-state index in [9.17, 15) is 10.1 Å². The number of hydrogen-bond acceptors (Lipinski definition) is 4. The van der Waals surface area contributed by atoms with Crippen molar-refractivity contribution in [2.45, 2.75) is 6.61 Å². The van der Waals surface area contributed by atoms with Gasteiger partial charge in [0.15, 0.2) is 0 Å². The largest absolute Gasteiger partial charge is 0.489 e. The van der Waals surface area contributed by atoms with Gasteiger partial charge in [-0.05, 0) is 18.2 Å². The molecule has 2 rings (SSSR count). The molecule has 20 heavy (non-hydrogen) atoms. The molecule has 0 saturated carbocycles. The zero-order valence-electron chi connectivity index (χ0n) is 10.2. The van der Waals surface area contributed by atoms with Crippen molar-refractivity contribution in [3.63, 3.8) is 0 Å². The van der Waals surface area contributed by atoms with E-state index in [1.54, 1.807) is 30.3 Å². The van der Waals surface area contributed by atoms with Crippen LogP contribution in [0.1, 0.15) is 11.1 Å². The fourth-order valence-corrected chi connectivity index (χ4v) is 1.83. The second-order valence-electron chi connectivity index (χ2n) is 3.93. The summed E-state index contributed by atoms with van der Waals surface area (Å²) < 4.78 is 5.47. The molecule has 0 atom stereocenters. The van der Waals surface area contributed by atoms with Gasteiger partial charge >= 0.3 is 0 Å². The molecule has 0 bridgehead atoms. The quantitative estimate of drug-likeness (QED) is 0.635. The third-order valence-electron chi connectivity index (χ3n) is 2.65. The molecule has 0 unspecified atom stereocenters. The van der Waals surface area contributed by atoms with E-state index in [4.69, 9.17) is 21.6 Å². The van der Waals surface area contributed by atoms with Gasteiger partial charge in [-0.2, -0.15) is 5.26 Å². The summed E-state index contributed by atoms with van der Waals surface area (Å²) in [6.45, 7) is 0.155. The Balaban J connectivity index is 2.18. The van der Waals surface area contributed by atoms with E-state index in [1.807, 2.05) is 0 Å². The molecule has 0 aliphatic heterocycles. The summed E-state index contributed by atoms with van der Waals surface area (Å²) in [7, 11) is 0. The highest BCUT2D eigenvalue weighted by atomic mass is 35.5. The van der Waals surface area contributed by atoms with E-state index < -0.39 is 4.92 Å². The van der Waals surface area contributed by atoms with E-state index in [0.717, 1.165) is 0 Å². The van der Waals surface area contributed by atoms with Crippen LogP contribution >= 0.6 is 11.6 Å². The summed E-state index contributed by atoms with van der Waals surface area (Å²) in [5.74, 6) is 0.328. The number of nitro benzene ring substituents is 1. The molecule has 6 heteroatoms. The van der Waals surface area contributed by atoms with E-state index in [0.29, 0.717) is 16.9 Å².